The van der Waals surface area contributed by atoms with Crippen molar-refractivity contribution in [3.8, 4) is 0 Å². The molecule has 1 aromatic heterocycles. The molecule has 0 fully saturated rings. The van der Waals surface area contributed by atoms with Gasteiger partial charge in [0.05, 0.1) is 11.4 Å². The second-order valence-electron chi connectivity index (χ2n) is 6.39. The molecule has 1 heterocycles. The maximum atomic E-state index is 12.7. The number of carboxylic acid groups (broad SMARTS) is 1. The van der Waals surface area contributed by atoms with Gasteiger partial charge in [-0.2, -0.15) is 0 Å². The molecule has 0 aliphatic rings. The van der Waals surface area contributed by atoms with E-state index in [0.717, 1.165) is 16.0 Å². The molecule has 0 aliphatic heterocycles. The minimum atomic E-state index is -0.823. The molecule has 0 bridgehead atoms. The first-order valence-electron chi connectivity index (χ1n) is 8.90. The van der Waals surface area contributed by atoms with Gasteiger partial charge in [-0.25, -0.2) is 0 Å². The van der Waals surface area contributed by atoms with Crippen LogP contribution in [0.4, 0.5) is 0 Å². The Balaban J connectivity index is 1.64. The molecular weight excluding hydrogens is 370 g/mol. The summed E-state index contributed by atoms with van der Waals surface area (Å²) in [5.74, 6) is -0.754. The first kappa shape index (κ1) is 19.7. The summed E-state index contributed by atoms with van der Waals surface area (Å²) in [7, 11) is 0. The SMILES string of the molecule is Cc1ccc(C(=O)c2cccn2C/C=C/c2ccc(SCC(=O)O)cc2)cc1. The smallest absolute Gasteiger partial charge is 0.313 e. The predicted molar refractivity (Wildman–Crippen MR) is 113 cm³/mol. The summed E-state index contributed by atoms with van der Waals surface area (Å²) in [6.07, 6.45) is 5.90. The van der Waals surface area contributed by atoms with Crippen LogP contribution >= 0.6 is 11.8 Å². The van der Waals surface area contributed by atoms with E-state index in [4.69, 9.17) is 5.11 Å². The van der Waals surface area contributed by atoms with Crippen LogP contribution in [0, 0.1) is 6.92 Å². The van der Waals surface area contributed by atoms with Crippen molar-refractivity contribution in [2.75, 3.05) is 5.75 Å². The number of hydrogen-bond acceptors (Lipinski definition) is 3. The molecule has 3 rings (SSSR count). The third-order valence-corrected chi connectivity index (χ3v) is 5.23. The van der Waals surface area contributed by atoms with Gasteiger partial charge in [-0.3, -0.25) is 9.59 Å². The number of aliphatic carboxylic acids is 1. The Morgan fingerprint density at radius 2 is 1.75 bits per heavy atom. The minimum Gasteiger partial charge on any atom is -0.481 e. The second kappa shape index (κ2) is 9.24. The van der Waals surface area contributed by atoms with E-state index in [2.05, 4.69) is 0 Å². The summed E-state index contributed by atoms with van der Waals surface area (Å²) in [5, 5.41) is 8.72. The van der Waals surface area contributed by atoms with Gasteiger partial charge in [-0.1, -0.05) is 54.1 Å². The van der Waals surface area contributed by atoms with E-state index in [1.54, 1.807) is 0 Å². The first-order chi connectivity index (χ1) is 13.5. The third-order valence-electron chi connectivity index (χ3n) is 4.23. The summed E-state index contributed by atoms with van der Waals surface area (Å²) in [5.41, 5.74) is 3.50. The minimum absolute atomic E-state index is 0.0122. The first-order valence-corrected chi connectivity index (χ1v) is 9.89. The monoisotopic (exact) mass is 391 g/mol. The number of aromatic nitrogens is 1. The highest BCUT2D eigenvalue weighted by Crippen LogP contribution is 2.19. The van der Waals surface area contributed by atoms with Gasteiger partial charge in [-0.15, -0.1) is 11.8 Å². The summed E-state index contributed by atoms with van der Waals surface area (Å²) in [6.45, 7) is 2.59. The summed E-state index contributed by atoms with van der Waals surface area (Å²) >= 11 is 1.30. The number of nitrogens with zero attached hydrogens (tertiary/aromatic N) is 1. The number of aryl methyl sites for hydroxylation is 1. The van der Waals surface area contributed by atoms with Crippen molar-refractivity contribution in [2.45, 2.75) is 18.4 Å². The Hall–Kier alpha value is -3.05. The molecule has 0 unspecified atom stereocenters. The zero-order chi connectivity index (χ0) is 19.9. The Kier molecular flexibility index (Phi) is 6.50. The number of hydrogen-bond donors (Lipinski definition) is 1. The van der Waals surface area contributed by atoms with Crippen LogP contribution in [0.2, 0.25) is 0 Å². The Morgan fingerprint density at radius 3 is 2.43 bits per heavy atom. The Labute approximate surface area is 168 Å². The van der Waals surface area contributed by atoms with Crippen molar-refractivity contribution in [1.82, 2.24) is 4.57 Å². The quantitative estimate of drug-likeness (QED) is 0.437. The molecule has 5 heteroatoms. The number of ketones is 1. The maximum Gasteiger partial charge on any atom is 0.313 e. The van der Waals surface area contributed by atoms with Crippen LogP contribution in [0.25, 0.3) is 6.08 Å². The lowest BCUT2D eigenvalue weighted by atomic mass is 10.1. The number of benzene rings is 2. The zero-order valence-corrected chi connectivity index (χ0v) is 16.4. The highest BCUT2D eigenvalue weighted by Gasteiger charge is 2.12. The fourth-order valence-corrected chi connectivity index (χ4v) is 3.37. The molecule has 28 heavy (non-hydrogen) atoms. The summed E-state index contributed by atoms with van der Waals surface area (Å²) < 4.78 is 1.93. The van der Waals surface area contributed by atoms with Crippen LogP contribution in [-0.4, -0.2) is 27.2 Å². The molecule has 0 amide bonds. The van der Waals surface area contributed by atoms with E-state index >= 15 is 0 Å². The van der Waals surface area contributed by atoms with Crippen LogP contribution < -0.4 is 0 Å². The van der Waals surface area contributed by atoms with E-state index in [-0.39, 0.29) is 11.5 Å². The molecule has 0 spiro atoms. The van der Waals surface area contributed by atoms with Crippen LogP contribution in [0.1, 0.15) is 27.2 Å². The molecule has 4 nitrogen and oxygen atoms in total. The van der Waals surface area contributed by atoms with Crippen LogP contribution in [0.15, 0.2) is 77.8 Å². The molecular formula is C23H21NO3S. The van der Waals surface area contributed by atoms with Gasteiger partial charge >= 0.3 is 5.97 Å². The van der Waals surface area contributed by atoms with Crippen molar-refractivity contribution in [3.63, 3.8) is 0 Å². The molecule has 1 N–H and O–H groups in total. The van der Waals surface area contributed by atoms with Crippen LogP contribution in [0.5, 0.6) is 0 Å². The largest absolute Gasteiger partial charge is 0.481 e. The fraction of sp³-hybridized carbons (Fsp3) is 0.130. The average Bonchev–Trinajstić information content (AvgIpc) is 3.16. The van der Waals surface area contributed by atoms with Crippen molar-refractivity contribution >= 4 is 29.6 Å². The van der Waals surface area contributed by atoms with E-state index in [1.807, 2.05) is 90.5 Å². The van der Waals surface area contributed by atoms with Gasteiger partial charge < -0.3 is 9.67 Å². The molecule has 142 valence electrons. The van der Waals surface area contributed by atoms with Crippen molar-refractivity contribution in [1.29, 1.82) is 0 Å². The summed E-state index contributed by atoms with van der Waals surface area (Å²) in [6, 6.07) is 19.0. The van der Waals surface area contributed by atoms with Gasteiger partial charge in [0.2, 0.25) is 5.78 Å². The van der Waals surface area contributed by atoms with E-state index in [0.29, 0.717) is 17.8 Å². The van der Waals surface area contributed by atoms with E-state index < -0.39 is 5.97 Å². The fourth-order valence-electron chi connectivity index (χ4n) is 2.75. The Bertz CT molecular complexity index is 985. The lowest BCUT2D eigenvalue weighted by Crippen LogP contribution is -2.09. The molecule has 0 aliphatic carbocycles. The van der Waals surface area contributed by atoms with Gasteiger partial charge in [-0.05, 0) is 36.8 Å². The van der Waals surface area contributed by atoms with Crippen LogP contribution in [0.3, 0.4) is 0 Å². The molecule has 0 saturated heterocycles. The van der Waals surface area contributed by atoms with Gasteiger partial charge in [0.15, 0.2) is 0 Å². The topological polar surface area (TPSA) is 59.3 Å². The lowest BCUT2D eigenvalue weighted by Gasteiger charge is -2.06. The zero-order valence-electron chi connectivity index (χ0n) is 15.5. The highest BCUT2D eigenvalue weighted by molar-refractivity contribution is 8.00. The number of thioether (sulfide) groups is 1. The number of carbonyl (C=O) groups excluding carboxylic acids is 1. The predicted octanol–water partition coefficient (Wildman–Crippen LogP) is 4.92. The molecule has 3 aromatic rings. The van der Waals surface area contributed by atoms with Crippen LogP contribution in [-0.2, 0) is 11.3 Å². The standard InChI is InChI=1S/C23H21NO3S/c1-17-6-10-19(11-7-17)23(27)21-5-3-15-24(21)14-2-4-18-8-12-20(13-9-18)28-16-22(25)26/h2-13,15H,14,16H2,1H3,(H,25,26)/b4-2+. The summed E-state index contributed by atoms with van der Waals surface area (Å²) in [4.78, 5) is 24.3. The van der Waals surface area contributed by atoms with Gasteiger partial charge in [0, 0.05) is 23.2 Å². The van der Waals surface area contributed by atoms with Crippen molar-refractivity contribution in [3.05, 3.63) is 95.3 Å². The molecule has 2 aromatic carbocycles. The van der Waals surface area contributed by atoms with Crippen molar-refractivity contribution < 1.29 is 14.7 Å². The average molecular weight is 391 g/mol. The maximum absolute atomic E-state index is 12.7. The normalized spacial score (nSPS) is 11.0. The molecule has 0 radical (unpaired) electrons. The molecule has 0 saturated carbocycles. The lowest BCUT2D eigenvalue weighted by molar-refractivity contribution is -0.133. The number of carbonyl (C=O) groups is 2. The Morgan fingerprint density at radius 1 is 1.04 bits per heavy atom. The number of allylic oxidation sites excluding steroid dienone is 1. The second-order valence-corrected chi connectivity index (χ2v) is 7.44. The number of carboxylic acids is 1. The van der Waals surface area contributed by atoms with E-state index in [1.165, 1.54) is 11.8 Å². The van der Waals surface area contributed by atoms with Crippen molar-refractivity contribution in [2.24, 2.45) is 0 Å². The highest BCUT2D eigenvalue weighted by atomic mass is 32.2. The van der Waals surface area contributed by atoms with Gasteiger partial charge in [0.25, 0.3) is 0 Å². The van der Waals surface area contributed by atoms with E-state index in [9.17, 15) is 9.59 Å². The number of rotatable bonds is 8. The molecule has 0 atom stereocenters. The van der Waals surface area contributed by atoms with Gasteiger partial charge in [0.1, 0.15) is 0 Å². The third kappa shape index (κ3) is 5.24.